The number of rotatable bonds is 8. The summed E-state index contributed by atoms with van der Waals surface area (Å²) in [6, 6.07) is 7.40. The molecule has 2 aliphatic rings. The third-order valence-electron chi connectivity index (χ3n) is 6.57. The lowest BCUT2D eigenvalue weighted by molar-refractivity contribution is -0.151. The van der Waals surface area contributed by atoms with E-state index in [2.05, 4.69) is 15.3 Å². The molecule has 1 atom stereocenters. The first-order valence-electron chi connectivity index (χ1n) is 12.0. The Bertz CT molecular complexity index is 1010. The lowest BCUT2D eigenvalue weighted by atomic mass is 9.91. The molecule has 4 heterocycles. The summed E-state index contributed by atoms with van der Waals surface area (Å²) < 4.78 is 43.7. The van der Waals surface area contributed by atoms with Gasteiger partial charge in [-0.3, -0.25) is 14.7 Å². The Hall–Kier alpha value is -2.23. The maximum absolute atomic E-state index is 12.9. The van der Waals surface area contributed by atoms with Crippen LogP contribution in [-0.2, 0) is 16.0 Å². The predicted octanol–water partition coefficient (Wildman–Crippen LogP) is 5.02. The molecule has 1 N–H and O–H groups in total. The van der Waals surface area contributed by atoms with E-state index < -0.39 is 18.6 Å². The van der Waals surface area contributed by atoms with E-state index in [1.54, 1.807) is 6.07 Å². The molecular weight excluding hydrogens is 481 g/mol. The minimum absolute atomic E-state index is 0.0520. The number of nitrogens with one attached hydrogen (secondary N) is 1. The van der Waals surface area contributed by atoms with Gasteiger partial charge in [0.05, 0.1) is 17.3 Å². The summed E-state index contributed by atoms with van der Waals surface area (Å²) in [5, 5.41) is 3.81. The van der Waals surface area contributed by atoms with Crippen LogP contribution in [0, 0.1) is 11.8 Å². The first kappa shape index (κ1) is 25.9. The second kappa shape index (κ2) is 11.7. The van der Waals surface area contributed by atoms with E-state index in [0.717, 1.165) is 38.4 Å². The number of Topliss-reactive ketones (excluding diaryl/α,β-unsaturated/α-hetero) is 1. The van der Waals surface area contributed by atoms with E-state index in [0.29, 0.717) is 47.3 Å². The number of aromatic nitrogens is 2. The Kier molecular flexibility index (Phi) is 8.62. The molecule has 2 aliphatic heterocycles. The van der Waals surface area contributed by atoms with Crippen LogP contribution in [0.2, 0.25) is 5.02 Å². The molecule has 0 amide bonds. The monoisotopic (exact) mass is 510 g/mol. The number of hydrogen-bond acceptors (Lipinski definition) is 6. The Morgan fingerprint density at radius 1 is 1.23 bits per heavy atom. The first-order chi connectivity index (χ1) is 16.8. The van der Waals surface area contributed by atoms with Crippen LogP contribution in [0.5, 0.6) is 0 Å². The number of hydrogen-bond donors (Lipinski definition) is 1. The van der Waals surface area contributed by atoms with Crippen LogP contribution < -0.4 is 5.32 Å². The number of pyridine rings is 2. The van der Waals surface area contributed by atoms with Gasteiger partial charge in [0, 0.05) is 56.1 Å². The highest BCUT2D eigenvalue weighted by atomic mass is 35.5. The third kappa shape index (κ3) is 7.62. The highest BCUT2D eigenvalue weighted by molar-refractivity contribution is 6.33. The number of likely N-dealkylation sites (tertiary alicyclic amines) is 1. The van der Waals surface area contributed by atoms with Gasteiger partial charge in [-0.1, -0.05) is 17.7 Å². The summed E-state index contributed by atoms with van der Waals surface area (Å²) in [5.41, 5.74) is 1.86. The maximum atomic E-state index is 12.9. The zero-order valence-corrected chi connectivity index (χ0v) is 20.2. The van der Waals surface area contributed by atoms with Crippen molar-refractivity contribution in [3.63, 3.8) is 0 Å². The van der Waals surface area contributed by atoms with Gasteiger partial charge in [0.2, 0.25) is 0 Å². The first-order valence-corrected chi connectivity index (χ1v) is 12.4. The topological polar surface area (TPSA) is 67.3 Å². The Labute approximate surface area is 208 Å². The molecular formula is C25H30ClF3N4O2. The second-order valence-electron chi connectivity index (χ2n) is 9.33. The van der Waals surface area contributed by atoms with E-state index >= 15 is 0 Å². The average molecular weight is 511 g/mol. The van der Waals surface area contributed by atoms with Crippen molar-refractivity contribution >= 4 is 23.2 Å². The fourth-order valence-corrected chi connectivity index (χ4v) is 4.90. The summed E-state index contributed by atoms with van der Waals surface area (Å²) in [6.07, 6.45) is 0.499. The van der Waals surface area contributed by atoms with Crippen LogP contribution >= 0.6 is 11.6 Å². The largest absolute Gasteiger partial charge is 0.401 e. The smallest absolute Gasteiger partial charge is 0.381 e. The van der Waals surface area contributed by atoms with Crippen LogP contribution in [0.25, 0.3) is 11.3 Å². The molecule has 0 spiro atoms. The predicted molar refractivity (Wildman–Crippen MR) is 128 cm³/mol. The number of halogens is 4. The Morgan fingerprint density at radius 2 is 2.03 bits per heavy atom. The molecule has 2 aromatic heterocycles. The summed E-state index contributed by atoms with van der Waals surface area (Å²) >= 11 is 6.41. The van der Waals surface area contributed by atoms with E-state index in [1.165, 1.54) is 11.1 Å². The number of alkyl halides is 3. The van der Waals surface area contributed by atoms with Crippen LogP contribution in [0.3, 0.4) is 0 Å². The molecule has 190 valence electrons. The lowest BCUT2D eigenvalue weighted by Crippen LogP contribution is -2.43. The van der Waals surface area contributed by atoms with Crippen LogP contribution in [0.4, 0.5) is 19.0 Å². The normalized spacial score (nSPS) is 20.1. The molecule has 6 nitrogen and oxygen atoms in total. The van der Waals surface area contributed by atoms with E-state index in [4.69, 9.17) is 16.3 Å². The van der Waals surface area contributed by atoms with Gasteiger partial charge in [0.25, 0.3) is 0 Å². The van der Waals surface area contributed by atoms with Crippen molar-refractivity contribution in [2.24, 2.45) is 11.8 Å². The molecule has 0 aromatic carbocycles. The van der Waals surface area contributed by atoms with Gasteiger partial charge in [0.15, 0.2) is 0 Å². The van der Waals surface area contributed by atoms with Crippen molar-refractivity contribution < 1.29 is 22.7 Å². The molecule has 2 saturated heterocycles. The number of carbonyl (C=O) groups excluding carboxylic acids is 1. The summed E-state index contributed by atoms with van der Waals surface area (Å²) in [7, 11) is 0. The Balaban J connectivity index is 1.41. The van der Waals surface area contributed by atoms with Gasteiger partial charge >= 0.3 is 6.18 Å². The molecule has 10 heteroatoms. The highest BCUT2D eigenvalue weighted by Crippen LogP contribution is 2.29. The summed E-state index contributed by atoms with van der Waals surface area (Å²) in [6.45, 7) is 1.89. The zero-order valence-electron chi connectivity index (χ0n) is 19.5. The molecule has 2 aromatic rings. The van der Waals surface area contributed by atoms with Gasteiger partial charge < -0.3 is 10.1 Å². The molecule has 0 saturated carbocycles. The molecule has 0 unspecified atom stereocenters. The van der Waals surface area contributed by atoms with Crippen molar-refractivity contribution in [3.8, 4) is 11.3 Å². The third-order valence-corrected chi connectivity index (χ3v) is 6.87. The second-order valence-corrected chi connectivity index (χ2v) is 9.74. The van der Waals surface area contributed by atoms with Crippen molar-refractivity contribution in [2.45, 2.75) is 38.3 Å². The van der Waals surface area contributed by atoms with Gasteiger partial charge in [-0.15, -0.1) is 0 Å². The summed E-state index contributed by atoms with van der Waals surface area (Å²) in [5.74, 6) is 0.759. The number of nitrogens with zero attached hydrogens (tertiary/aromatic N) is 3. The number of piperidine rings is 1. The molecule has 0 aliphatic carbocycles. The average Bonchev–Trinajstić information content (AvgIpc) is 2.84. The van der Waals surface area contributed by atoms with E-state index in [1.807, 2.05) is 18.2 Å². The fourth-order valence-electron chi connectivity index (χ4n) is 4.70. The van der Waals surface area contributed by atoms with Crippen LogP contribution in [0.15, 0.2) is 30.5 Å². The molecule has 2 fully saturated rings. The minimum Gasteiger partial charge on any atom is -0.381 e. The van der Waals surface area contributed by atoms with Crippen molar-refractivity contribution in [1.82, 2.24) is 14.9 Å². The standard InChI is InChI=1S/C25H30ClF3N4O2/c26-21-14-30-19(12-23(34)18-3-2-8-33(15-18)16-25(27,28)29)11-20(21)22-4-1-5-24(32-22)31-13-17-6-9-35-10-7-17/h1,4-5,11,14,17-18H,2-3,6-10,12-13,15-16H2,(H,31,32)/t18-/m1/s1. The molecule has 0 bridgehead atoms. The van der Waals surface area contributed by atoms with Crippen LogP contribution in [0.1, 0.15) is 31.4 Å². The Morgan fingerprint density at radius 3 is 2.80 bits per heavy atom. The maximum Gasteiger partial charge on any atom is 0.401 e. The van der Waals surface area contributed by atoms with Gasteiger partial charge in [-0.05, 0) is 56.3 Å². The fraction of sp³-hybridized carbons (Fsp3) is 0.560. The summed E-state index contributed by atoms with van der Waals surface area (Å²) in [4.78, 5) is 23.2. The zero-order chi connectivity index (χ0) is 24.8. The lowest BCUT2D eigenvalue weighted by Gasteiger charge is -2.32. The molecule has 35 heavy (non-hydrogen) atoms. The van der Waals surface area contributed by atoms with Crippen molar-refractivity contribution in [3.05, 3.63) is 41.2 Å². The number of anilines is 1. The van der Waals surface area contributed by atoms with E-state index in [-0.39, 0.29) is 18.7 Å². The highest BCUT2D eigenvalue weighted by Gasteiger charge is 2.34. The van der Waals surface area contributed by atoms with Gasteiger partial charge in [0.1, 0.15) is 11.6 Å². The quantitative estimate of drug-likeness (QED) is 0.538. The minimum atomic E-state index is -4.27. The van der Waals surface area contributed by atoms with E-state index in [9.17, 15) is 18.0 Å². The van der Waals surface area contributed by atoms with Gasteiger partial charge in [-0.2, -0.15) is 13.2 Å². The number of ether oxygens (including phenoxy) is 1. The van der Waals surface area contributed by atoms with Gasteiger partial charge in [-0.25, -0.2) is 4.98 Å². The molecule has 0 radical (unpaired) electrons. The SMILES string of the molecule is O=C(Cc1cc(-c2cccc(NCC3CCOCC3)n2)c(Cl)cn1)[C@@H]1CCCN(CC(F)(F)F)C1. The molecule has 4 rings (SSSR count). The van der Waals surface area contributed by atoms with Crippen molar-refractivity contribution in [2.75, 3.05) is 44.7 Å². The number of carbonyl (C=O) groups is 1. The van der Waals surface area contributed by atoms with Crippen molar-refractivity contribution in [1.29, 1.82) is 0 Å². The number of ketones is 1. The van der Waals surface area contributed by atoms with Crippen LogP contribution in [-0.4, -0.2) is 66.2 Å².